The largest absolute Gasteiger partial charge is 0.465 e. The van der Waals surface area contributed by atoms with Gasteiger partial charge in [-0.25, -0.2) is 18.2 Å². The molecule has 2 rings (SSSR count). The Hall–Kier alpha value is -2.24. The number of amides is 1. The third-order valence-electron chi connectivity index (χ3n) is 3.94. The van der Waals surface area contributed by atoms with E-state index < -0.39 is 21.9 Å². The van der Waals surface area contributed by atoms with Gasteiger partial charge < -0.3 is 9.30 Å². The molecule has 0 saturated carbocycles. The molecule has 9 nitrogen and oxygen atoms in total. The van der Waals surface area contributed by atoms with Crippen LogP contribution in [0.2, 0.25) is 0 Å². The average Bonchev–Trinajstić information content (AvgIpc) is 3.18. The zero-order chi connectivity index (χ0) is 20.4. The monoisotopic (exact) mass is 414 g/mol. The van der Waals surface area contributed by atoms with Crippen LogP contribution in [0.1, 0.15) is 39.7 Å². The summed E-state index contributed by atoms with van der Waals surface area (Å²) in [5, 5.41) is 2.82. The number of methoxy groups -OCH3 is 1. The molecule has 27 heavy (non-hydrogen) atoms. The summed E-state index contributed by atoms with van der Waals surface area (Å²) in [6.07, 6.45) is 1.40. The predicted molar refractivity (Wildman–Crippen MR) is 102 cm³/mol. The van der Waals surface area contributed by atoms with Gasteiger partial charge in [-0.3, -0.25) is 10.1 Å². The van der Waals surface area contributed by atoms with Gasteiger partial charge in [-0.15, -0.1) is 0 Å². The summed E-state index contributed by atoms with van der Waals surface area (Å²) in [5.74, 6) is -1.05. The lowest BCUT2D eigenvalue weighted by Crippen LogP contribution is -2.30. The van der Waals surface area contributed by atoms with Crippen molar-refractivity contribution in [2.75, 3.05) is 25.5 Å². The number of aryl methyl sites for hydroxylation is 2. The van der Waals surface area contributed by atoms with Crippen LogP contribution in [0.4, 0.5) is 5.13 Å². The van der Waals surface area contributed by atoms with Crippen LogP contribution < -0.4 is 5.32 Å². The molecule has 2 heterocycles. The van der Waals surface area contributed by atoms with E-state index in [1.54, 1.807) is 27.8 Å². The maximum Gasteiger partial charge on any atom is 0.350 e. The highest BCUT2D eigenvalue weighted by Gasteiger charge is 2.26. The number of nitrogens with zero attached hydrogens (tertiary/aromatic N) is 3. The van der Waals surface area contributed by atoms with E-state index in [1.165, 1.54) is 28.2 Å². The normalized spacial score (nSPS) is 11.6. The van der Waals surface area contributed by atoms with Crippen molar-refractivity contribution in [3.63, 3.8) is 0 Å². The predicted octanol–water partition coefficient (Wildman–Crippen LogP) is 1.86. The first-order valence-corrected chi connectivity index (χ1v) is 10.4. The molecule has 0 aliphatic carbocycles. The Morgan fingerprint density at radius 1 is 1.33 bits per heavy atom. The summed E-state index contributed by atoms with van der Waals surface area (Å²) >= 11 is 0.992. The van der Waals surface area contributed by atoms with Crippen molar-refractivity contribution in [2.24, 2.45) is 7.05 Å². The fourth-order valence-electron chi connectivity index (χ4n) is 2.51. The van der Waals surface area contributed by atoms with E-state index >= 15 is 0 Å². The number of thiazole rings is 1. The van der Waals surface area contributed by atoms with Gasteiger partial charge in [-0.05, 0) is 13.0 Å². The molecule has 0 unspecified atom stereocenters. The second-order valence-corrected chi connectivity index (χ2v) is 8.58. The van der Waals surface area contributed by atoms with Crippen molar-refractivity contribution in [2.45, 2.75) is 25.7 Å². The van der Waals surface area contributed by atoms with Gasteiger partial charge in [0.25, 0.3) is 5.91 Å². The number of hydrogen-bond donors (Lipinski definition) is 1. The molecule has 2 aromatic heterocycles. The second kappa shape index (κ2) is 8.19. The van der Waals surface area contributed by atoms with Crippen LogP contribution in [0, 0.1) is 6.92 Å². The summed E-state index contributed by atoms with van der Waals surface area (Å²) in [7, 11) is -0.816. The van der Waals surface area contributed by atoms with Crippen molar-refractivity contribution in [1.29, 1.82) is 0 Å². The molecule has 0 aromatic carbocycles. The summed E-state index contributed by atoms with van der Waals surface area (Å²) < 4.78 is 32.7. The first-order valence-electron chi connectivity index (χ1n) is 8.19. The van der Waals surface area contributed by atoms with Crippen molar-refractivity contribution in [3.05, 3.63) is 28.5 Å². The SMILES string of the molecule is CCN(CC)S(=O)(=O)c1cc(C(=O)Nc2nc(C)c(C(=O)OC)s2)n(C)c1. The average molecular weight is 415 g/mol. The number of ether oxygens (including phenoxy) is 1. The number of hydrogen-bond acceptors (Lipinski definition) is 7. The van der Waals surface area contributed by atoms with Crippen LogP contribution in [-0.4, -0.2) is 54.3 Å². The van der Waals surface area contributed by atoms with Gasteiger partial charge in [0.05, 0.1) is 12.8 Å². The van der Waals surface area contributed by atoms with Crippen molar-refractivity contribution >= 4 is 38.4 Å². The zero-order valence-electron chi connectivity index (χ0n) is 15.8. The van der Waals surface area contributed by atoms with E-state index in [0.29, 0.717) is 23.7 Å². The van der Waals surface area contributed by atoms with Crippen molar-refractivity contribution < 1.29 is 22.7 Å². The fourth-order valence-corrected chi connectivity index (χ4v) is 4.92. The molecule has 1 amide bonds. The van der Waals surface area contributed by atoms with E-state index in [4.69, 9.17) is 0 Å². The van der Waals surface area contributed by atoms with Gasteiger partial charge >= 0.3 is 5.97 Å². The molecule has 0 bridgehead atoms. The number of carbonyl (C=O) groups excluding carboxylic acids is 2. The lowest BCUT2D eigenvalue weighted by molar-refractivity contribution is 0.0605. The minimum Gasteiger partial charge on any atom is -0.465 e. The van der Waals surface area contributed by atoms with Crippen LogP contribution in [-0.2, 0) is 21.8 Å². The summed E-state index contributed by atoms with van der Waals surface area (Å²) in [4.78, 5) is 28.7. The Balaban J connectivity index is 2.28. The summed E-state index contributed by atoms with van der Waals surface area (Å²) in [5.41, 5.74) is 0.604. The lowest BCUT2D eigenvalue weighted by Gasteiger charge is -2.17. The third-order valence-corrected chi connectivity index (χ3v) is 7.01. The maximum absolute atomic E-state index is 12.6. The molecule has 0 spiro atoms. The number of esters is 1. The second-order valence-electron chi connectivity index (χ2n) is 5.64. The number of carbonyl (C=O) groups is 2. The highest BCUT2D eigenvalue weighted by atomic mass is 32.2. The molecule has 0 radical (unpaired) electrons. The molecule has 0 aliphatic heterocycles. The number of nitrogens with one attached hydrogen (secondary N) is 1. The number of rotatable bonds is 7. The minimum atomic E-state index is -3.67. The Bertz CT molecular complexity index is 958. The first kappa shape index (κ1) is 21.1. The Morgan fingerprint density at radius 2 is 1.96 bits per heavy atom. The number of aromatic nitrogens is 2. The number of sulfonamides is 1. The van der Waals surface area contributed by atoms with Gasteiger partial charge in [-0.2, -0.15) is 4.31 Å². The fraction of sp³-hybridized carbons (Fsp3) is 0.438. The molecule has 148 valence electrons. The third kappa shape index (κ3) is 4.20. The molecule has 1 N–H and O–H groups in total. The van der Waals surface area contributed by atoms with Gasteiger partial charge in [0.2, 0.25) is 10.0 Å². The first-order chi connectivity index (χ1) is 12.6. The van der Waals surface area contributed by atoms with E-state index in [1.807, 2.05) is 0 Å². The van der Waals surface area contributed by atoms with Gasteiger partial charge in [0, 0.05) is 26.3 Å². The smallest absolute Gasteiger partial charge is 0.350 e. The Morgan fingerprint density at radius 3 is 2.52 bits per heavy atom. The summed E-state index contributed by atoms with van der Waals surface area (Å²) in [6, 6.07) is 1.32. The molecule has 2 aromatic rings. The van der Waals surface area contributed by atoms with Gasteiger partial charge in [0.1, 0.15) is 15.5 Å². The standard InChI is InChI=1S/C16H22N4O5S2/c1-6-20(7-2)27(23,24)11-8-12(19(4)9-11)14(21)18-16-17-10(3)13(26-16)15(22)25-5/h8-9H,6-7H2,1-5H3,(H,17,18,21). The van der Waals surface area contributed by atoms with E-state index in [2.05, 4.69) is 15.0 Å². The van der Waals surface area contributed by atoms with E-state index in [9.17, 15) is 18.0 Å². The molecule has 0 aliphatic rings. The zero-order valence-corrected chi connectivity index (χ0v) is 17.4. The quantitative estimate of drug-likeness (QED) is 0.693. The van der Waals surface area contributed by atoms with E-state index in [-0.39, 0.29) is 15.7 Å². The molecule has 0 saturated heterocycles. The Kier molecular flexibility index (Phi) is 6.39. The summed E-state index contributed by atoms with van der Waals surface area (Å²) in [6.45, 7) is 5.81. The maximum atomic E-state index is 12.6. The van der Waals surface area contributed by atoms with Crippen molar-refractivity contribution in [3.8, 4) is 0 Å². The van der Waals surface area contributed by atoms with E-state index in [0.717, 1.165) is 11.3 Å². The lowest BCUT2D eigenvalue weighted by atomic mass is 10.4. The molecular formula is C16H22N4O5S2. The van der Waals surface area contributed by atoms with Crippen LogP contribution >= 0.6 is 11.3 Å². The highest BCUT2D eigenvalue weighted by Crippen LogP contribution is 2.24. The van der Waals surface area contributed by atoms with Crippen LogP contribution in [0.15, 0.2) is 17.2 Å². The minimum absolute atomic E-state index is 0.0458. The topological polar surface area (TPSA) is 111 Å². The highest BCUT2D eigenvalue weighted by molar-refractivity contribution is 7.89. The van der Waals surface area contributed by atoms with Crippen LogP contribution in [0.5, 0.6) is 0 Å². The van der Waals surface area contributed by atoms with Crippen LogP contribution in [0.3, 0.4) is 0 Å². The van der Waals surface area contributed by atoms with Crippen molar-refractivity contribution in [1.82, 2.24) is 13.9 Å². The number of anilines is 1. The Labute approximate surface area is 162 Å². The van der Waals surface area contributed by atoms with Gasteiger partial charge in [0.15, 0.2) is 5.13 Å². The molecule has 0 atom stereocenters. The molecule has 0 fully saturated rings. The van der Waals surface area contributed by atoms with Gasteiger partial charge in [-0.1, -0.05) is 25.2 Å². The molecule has 11 heteroatoms. The van der Waals surface area contributed by atoms with Crippen LogP contribution in [0.25, 0.3) is 0 Å². The molecular weight excluding hydrogens is 392 g/mol.